The SMILES string of the molecule is CC1(C)Oc2ccccc2N(CCC(=O)Nc2ccc(Cl)c(C(=O)O)c2)C1=O. The number of carboxylic acids is 1. The molecule has 0 fully saturated rings. The molecule has 2 aromatic rings. The van der Waals surface area contributed by atoms with Gasteiger partial charge in [0.1, 0.15) is 5.75 Å². The predicted octanol–water partition coefficient (Wildman–Crippen LogP) is 3.57. The molecule has 0 spiro atoms. The minimum absolute atomic E-state index is 0.0290. The van der Waals surface area contributed by atoms with Gasteiger partial charge in [0.25, 0.3) is 5.91 Å². The number of ether oxygens (including phenoxy) is 1. The molecular formula is C20H19ClN2O5. The lowest BCUT2D eigenvalue weighted by atomic mass is 10.0. The number of carbonyl (C=O) groups excluding carboxylic acids is 2. The Kier molecular flexibility index (Phi) is 5.29. The van der Waals surface area contributed by atoms with Gasteiger partial charge in [-0.1, -0.05) is 23.7 Å². The molecule has 1 heterocycles. The van der Waals surface area contributed by atoms with Crippen molar-refractivity contribution in [2.45, 2.75) is 25.9 Å². The standard InChI is InChI=1S/C20H19ClN2O5/c1-20(2)19(27)23(15-5-3-4-6-16(15)28-20)10-9-17(24)22-12-7-8-14(21)13(11-12)18(25)26/h3-8,11H,9-10H2,1-2H3,(H,22,24)(H,25,26). The third-order valence-corrected chi connectivity index (χ3v) is 4.65. The Balaban J connectivity index is 1.72. The quantitative estimate of drug-likeness (QED) is 0.797. The van der Waals surface area contributed by atoms with Gasteiger partial charge < -0.3 is 20.1 Å². The first kappa shape index (κ1) is 19.7. The van der Waals surface area contributed by atoms with Crippen LogP contribution in [0.2, 0.25) is 5.02 Å². The van der Waals surface area contributed by atoms with Gasteiger partial charge in [-0.2, -0.15) is 0 Å². The summed E-state index contributed by atoms with van der Waals surface area (Å²) in [4.78, 5) is 37.8. The van der Waals surface area contributed by atoms with Gasteiger partial charge >= 0.3 is 5.97 Å². The summed E-state index contributed by atoms with van der Waals surface area (Å²) in [6.45, 7) is 3.52. The molecule has 0 saturated heterocycles. The van der Waals surface area contributed by atoms with Gasteiger partial charge in [-0.25, -0.2) is 4.79 Å². The number of carboxylic acid groups (broad SMARTS) is 1. The Morgan fingerprint density at radius 1 is 1.21 bits per heavy atom. The average Bonchev–Trinajstić information content (AvgIpc) is 2.63. The molecule has 3 rings (SSSR count). The molecular weight excluding hydrogens is 384 g/mol. The number of hydrogen-bond acceptors (Lipinski definition) is 4. The Bertz CT molecular complexity index is 957. The molecule has 146 valence electrons. The summed E-state index contributed by atoms with van der Waals surface area (Å²) >= 11 is 5.83. The number of nitrogens with one attached hydrogen (secondary N) is 1. The maximum atomic E-state index is 12.7. The maximum Gasteiger partial charge on any atom is 0.337 e. The van der Waals surface area contributed by atoms with Crippen molar-refractivity contribution in [3.05, 3.63) is 53.1 Å². The van der Waals surface area contributed by atoms with Crippen molar-refractivity contribution >= 4 is 40.8 Å². The van der Waals surface area contributed by atoms with Crippen LogP contribution in [-0.2, 0) is 9.59 Å². The molecule has 7 nitrogen and oxygen atoms in total. The average molecular weight is 403 g/mol. The largest absolute Gasteiger partial charge is 0.478 e. The van der Waals surface area contributed by atoms with E-state index in [9.17, 15) is 14.4 Å². The summed E-state index contributed by atoms with van der Waals surface area (Å²) in [5.74, 6) is -1.19. The van der Waals surface area contributed by atoms with Crippen molar-refractivity contribution in [1.82, 2.24) is 0 Å². The molecule has 2 amide bonds. The van der Waals surface area contributed by atoms with Gasteiger partial charge in [0.2, 0.25) is 5.91 Å². The number of halogens is 1. The minimum atomic E-state index is -1.18. The molecule has 0 unspecified atom stereocenters. The second-order valence-electron chi connectivity index (χ2n) is 6.83. The van der Waals surface area contributed by atoms with Crippen LogP contribution < -0.4 is 15.0 Å². The van der Waals surface area contributed by atoms with Crippen molar-refractivity contribution < 1.29 is 24.2 Å². The Morgan fingerprint density at radius 2 is 1.93 bits per heavy atom. The number of amides is 2. The topological polar surface area (TPSA) is 95.9 Å². The molecule has 0 saturated carbocycles. The lowest BCUT2D eigenvalue weighted by molar-refractivity contribution is -0.132. The lowest BCUT2D eigenvalue weighted by Crippen LogP contribution is -2.53. The highest BCUT2D eigenvalue weighted by Gasteiger charge is 2.40. The van der Waals surface area contributed by atoms with Crippen molar-refractivity contribution in [3.63, 3.8) is 0 Å². The van der Waals surface area contributed by atoms with E-state index in [0.717, 1.165) is 0 Å². The fraction of sp³-hybridized carbons (Fsp3) is 0.250. The van der Waals surface area contributed by atoms with Gasteiger partial charge in [0.15, 0.2) is 5.60 Å². The van der Waals surface area contributed by atoms with Gasteiger partial charge in [-0.05, 0) is 44.2 Å². The number of rotatable bonds is 5. The summed E-state index contributed by atoms with van der Waals surface area (Å²) in [6, 6.07) is 11.4. The lowest BCUT2D eigenvalue weighted by Gasteiger charge is -2.38. The fourth-order valence-electron chi connectivity index (χ4n) is 2.95. The first-order chi connectivity index (χ1) is 13.2. The zero-order valence-electron chi connectivity index (χ0n) is 15.4. The zero-order chi connectivity index (χ0) is 20.5. The summed E-state index contributed by atoms with van der Waals surface area (Å²) in [5.41, 5.74) is -0.198. The number of benzene rings is 2. The number of nitrogens with zero attached hydrogens (tertiary/aromatic N) is 1. The van der Waals surface area contributed by atoms with Crippen LogP contribution in [0.4, 0.5) is 11.4 Å². The van der Waals surface area contributed by atoms with E-state index in [1.807, 2.05) is 6.07 Å². The van der Waals surface area contributed by atoms with E-state index >= 15 is 0 Å². The molecule has 2 aromatic carbocycles. The molecule has 0 bridgehead atoms. The van der Waals surface area contributed by atoms with Crippen LogP contribution in [0.5, 0.6) is 5.75 Å². The minimum Gasteiger partial charge on any atom is -0.478 e. The third-order valence-electron chi connectivity index (χ3n) is 4.32. The number of para-hydroxylation sites is 2. The number of carbonyl (C=O) groups is 3. The van der Waals surface area contributed by atoms with Crippen LogP contribution in [0.15, 0.2) is 42.5 Å². The van der Waals surface area contributed by atoms with E-state index in [-0.39, 0.29) is 35.4 Å². The second kappa shape index (κ2) is 7.52. The Labute approximate surface area is 166 Å². The van der Waals surface area contributed by atoms with E-state index in [4.69, 9.17) is 21.4 Å². The summed E-state index contributed by atoms with van der Waals surface area (Å²) < 4.78 is 5.75. The van der Waals surface area contributed by atoms with Crippen LogP contribution in [0.1, 0.15) is 30.6 Å². The highest BCUT2D eigenvalue weighted by atomic mass is 35.5. The number of hydrogen-bond donors (Lipinski definition) is 2. The molecule has 0 aromatic heterocycles. The third kappa shape index (κ3) is 3.94. The number of fused-ring (bicyclic) bond motifs is 1. The van der Waals surface area contributed by atoms with E-state index in [1.165, 1.54) is 23.1 Å². The van der Waals surface area contributed by atoms with Crippen molar-refractivity contribution in [2.75, 3.05) is 16.8 Å². The van der Waals surface area contributed by atoms with E-state index < -0.39 is 11.6 Å². The first-order valence-electron chi connectivity index (χ1n) is 8.62. The van der Waals surface area contributed by atoms with Gasteiger partial charge in [-0.15, -0.1) is 0 Å². The molecule has 0 atom stereocenters. The molecule has 1 aliphatic heterocycles. The first-order valence-corrected chi connectivity index (χ1v) is 8.99. The van der Waals surface area contributed by atoms with E-state index in [0.29, 0.717) is 17.1 Å². The van der Waals surface area contributed by atoms with Crippen LogP contribution in [-0.4, -0.2) is 35.0 Å². The summed E-state index contributed by atoms with van der Waals surface area (Å²) in [6.07, 6.45) is 0.0290. The van der Waals surface area contributed by atoms with Crippen molar-refractivity contribution in [1.29, 1.82) is 0 Å². The molecule has 1 aliphatic rings. The Morgan fingerprint density at radius 3 is 2.64 bits per heavy atom. The molecule has 0 radical (unpaired) electrons. The highest BCUT2D eigenvalue weighted by Crippen LogP contribution is 2.37. The van der Waals surface area contributed by atoms with Crippen molar-refractivity contribution in [2.24, 2.45) is 0 Å². The predicted molar refractivity (Wildman–Crippen MR) is 105 cm³/mol. The molecule has 2 N–H and O–H groups in total. The van der Waals surface area contributed by atoms with E-state index in [1.54, 1.807) is 32.0 Å². The molecule has 8 heteroatoms. The van der Waals surface area contributed by atoms with E-state index in [2.05, 4.69) is 5.32 Å². The molecule has 0 aliphatic carbocycles. The summed E-state index contributed by atoms with van der Waals surface area (Å²) in [5, 5.41) is 11.8. The number of aromatic carboxylic acids is 1. The fourth-order valence-corrected chi connectivity index (χ4v) is 3.14. The van der Waals surface area contributed by atoms with Gasteiger partial charge in [0.05, 0.1) is 16.3 Å². The van der Waals surface area contributed by atoms with Crippen LogP contribution >= 0.6 is 11.6 Å². The van der Waals surface area contributed by atoms with Crippen LogP contribution in [0.25, 0.3) is 0 Å². The van der Waals surface area contributed by atoms with Crippen LogP contribution in [0.3, 0.4) is 0 Å². The maximum absolute atomic E-state index is 12.7. The summed E-state index contributed by atoms with van der Waals surface area (Å²) in [7, 11) is 0. The van der Waals surface area contributed by atoms with Crippen molar-refractivity contribution in [3.8, 4) is 5.75 Å². The monoisotopic (exact) mass is 402 g/mol. The Hall–Kier alpha value is -3.06. The molecule has 28 heavy (non-hydrogen) atoms. The zero-order valence-corrected chi connectivity index (χ0v) is 16.1. The normalized spacial score (nSPS) is 14.8. The smallest absolute Gasteiger partial charge is 0.337 e. The second-order valence-corrected chi connectivity index (χ2v) is 7.24. The number of anilines is 2. The highest BCUT2D eigenvalue weighted by molar-refractivity contribution is 6.33. The van der Waals surface area contributed by atoms with Gasteiger partial charge in [0, 0.05) is 18.7 Å². The van der Waals surface area contributed by atoms with Crippen LogP contribution in [0, 0.1) is 0 Å². The van der Waals surface area contributed by atoms with Gasteiger partial charge in [-0.3, -0.25) is 9.59 Å².